The van der Waals surface area contributed by atoms with Gasteiger partial charge in [-0.25, -0.2) is 4.98 Å². The van der Waals surface area contributed by atoms with Gasteiger partial charge in [0.25, 0.3) is 5.56 Å². The fourth-order valence-electron chi connectivity index (χ4n) is 3.03. The zero-order valence-electron chi connectivity index (χ0n) is 14.9. The van der Waals surface area contributed by atoms with Gasteiger partial charge in [-0.15, -0.1) is 0 Å². The van der Waals surface area contributed by atoms with E-state index in [2.05, 4.69) is 41.5 Å². The first-order valence-electron chi connectivity index (χ1n) is 8.76. The summed E-state index contributed by atoms with van der Waals surface area (Å²) in [6.45, 7) is 2.65. The number of nitrogens with zero attached hydrogens (tertiary/aromatic N) is 2. The molecule has 0 aliphatic rings. The molecule has 1 unspecified atom stereocenters. The molecule has 0 saturated heterocycles. The number of hydrogen-bond donors (Lipinski definition) is 2. The SMILES string of the molecule is CC(Nc1ccccc1N)c1ccc(Cn2sc3ncccc3c2=O)cc1. The smallest absolute Gasteiger partial charge is 0.270 e. The average Bonchev–Trinajstić information content (AvgIpc) is 3.00. The van der Waals surface area contributed by atoms with Crippen LogP contribution in [0, 0.1) is 0 Å². The summed E-state index contributed by atoms with van der Waals surface area (Å²) >= 11 is 1.40. The van der Waals surface area contributed by atoms with Crippen molar-refractivity contribution >= 4 is 33.1 Å². The Labute approximate surface area is 161 Å². The topological polar surface area (TPSA) is 72.9 Å². The highest BCUT2D eigenvalue weighted by Gasteiger charge is 2.10. The zero-order chi connectivity index (χ0) is 18.8. The van der Waals surface area contributed by atoms with Crippen molar-refractivity contribution in [3.63, 3.8) is 0 Å². The minimum atomic E-state index is 0.0155. The molecule has 136 valence electrons. The number of nitrogen functional groups attached to an aromatic ring is 1. The Morgan fingerprint density at radius 1 is 1.11 bits per heavy atom. The fourth-order valence-corrected chi connectivity index (χ4v) is 4.00. The monoisotopic (exact) mass is 376 g/mol. The predicted octanol–water partition coefficient (Wildman–Crippen LogP) is 4.26. The first kappa shape index (κ1) is 17.3. The molecule has 2 heterocycles. The van der Waals surface area contributed by atoms with E-state index in [0.29, 0.717) is 11.9 Å². The summed E-state index contributed by atoms with van der Waals surface area (Å²) in [4.78, 5) is 17.5. The third-order valence-corrected chi connectivity index (χ3v) is 5.58. The summed E-state index contributed by atoms with van der Waals surface area (Å²) < 4.78 is 1.75. The lowest BCUT2D eigenvalue weighted by Gasteiger charge is -2.17. The first-order valence-corrected chi connectivity index (χ1v) is 9.54. The molecular formula is C21H20N4OS. The van der Waals surface area contributed by atoms with Gasteiger partial charge < -0.3 is 11.1 Å². The molecular weight excluding hydrogens is 356 g/mol. The lowest BCUT2D eigenvalue weighted by molar-refractivity contribution is 0.846. The summed E-state index contributed by atoms with van der Waals surface area (Å²) in [5.74, 6) is 0. The van der Waals surface area contributed by atoms with E-state index in [4.69, 9.17) is 5.73 Å². The van der Waals surface area contributed by atoms with Crippen LogP contribution in [0.2, 0.25) is 0 Å². The molecule has 1 atom stereocenters. The van der Waals surface area contributed by atoms with Crippen LogP contribution in [0.5, 0.6) is 0 Å². The van der Waals surface area contributed by atoms with Crippen LogP contribution in [0.3, 0.4) is 0 Å². The van der Waals surface area contributed by atoms with Crippen LogP contribution in [0.15, 0.2) is 71.7 Å². The van der Waals surface area contributed by atoms with Gasteiger partial charge in [-0.3, -0.25) is 8.75 Å². The van der Waals surface area contributed by atoms with Gasteiger partial charge in [-0.1, -0.05) is 36.4 Å². The van der Waals surface area contributed by atoms with Crippen molar-refractivity contribution in [1.82, 2.24) is 8.94 Å². The number of nitrogens with one attached hydrogen (secondary N) is 1. The van der Waals surface area contributed by atoms with Crippen molar-refractivity contribution in [3.8, 4) is 0 Å². The van der Waals surface area contributed by atoms with Crippen LogP contribution in [0.25, 0.3) is 10.2 Å². The summed E-state index contributed by atoms with van der Waals surface area (Å²) in [7, 11) is 0. The molecule has 0 fully saturated rings. The molecule has 0 spiro atoms. The van der Waals surface area contributed by atoms with E-state index in [1.807, 2.05) is 30.3 Å². The minimum Gasteiger partial charge on any atom is -0.397 e. The Kier molecular flexibility index (Phi) is 4.64. The maximum atomic E-state index is 12.5. The second kappa shape index (κ2) is 7.25. The van der Waals surface area contributed by atoms with Crippen molar-refractivity contribution in [2.24, 2.45) is 0 Å². The Hall–Kier alpha value is -3.12. The van der Waals surface area contributed by atoms with Crippen molar-refractivity contribution < 1.29 is 0 Å². The molecule has 4 rings (SSSR count). The Balaban J connectivity index is 1.51. The lowest BCUT2D eigenvalue weighted by Crippen LogP contribution is -2.13. The van der Waals surface area contributed by atoms with Crippen molar-refractivity contribution in [2.75, 3.05) is 11.1 Å². The summed E-state index contributed by atoms with van der Waals surface area (Å²) in [5.41, 5.74) is 9.93. The molecule has 2 aromatic heterocycles. The first-order chi connectivity index (χ1) is 13.1. The van der Waals surface area contributed by atoms with Crippen LogP contribution >= 0.6 is 11.5 Å². The standard InChI is InChI=1S/C21H20N4OS/c1-14(24-19-7-3-2-6-18(19)22)16-10-8-15(9-11-16)13-25-21(26)17-5-4-12-23-20(17)27-25/h2-12,14,24H,13,22H2,1H3. The maximum absolute atomic E-state index is 12.5. The molecule has 0 aliphatic carbocycles. The Morgan fingerprint density at radius 2 is 1.89 bits per heavy atom. The summed E-state index contributed by atoms with van der Waals surface area (Å²) in [6.07, 6.45) is 1.71. The highest BCUT2D eigenvalue weighted by atomic mass is 32.1. The molecule has 0 bridgehead atoms. The highest BCUT2D eigenvalue weighted by molar-refractivity contribution is 7.13. The number of rotatable bonds is 5. The number of hydrogen-bond acceptors (Lipinski definition) is 5. The maximum Gasteiger partial charge on any atom is 0.270 e. The van der Waals surface area contributed by atoms with Crippen LogP contribution in [-0.4, -0.2) is 8.94 Å². The second-order valence-corrected chi connectivity index (χ2v) is 7.49. The van der Waals surface area contributed by atoms with Crippen molar-refractivity contribution in [2.45, 2.75) is 19.5 Å². The highest BCUT2D eigenvalue weighted by Crippen LogP contribution is 2.24. The van der Waals surface area contributed by atoms with Gasteiger partial charge in [-0.05, 0) is 53.8 Å². The molecule has 0 amide bonds. The zero-order valence-corrected chi connectivity index (χ0v) is 15.7. The van der Waals surface area contributed by atoms with Gasteiger partial charge in [0.05, 0.1) is 23.3 Å². The Bertz CT molecular complexity index is 1130. The summed E-state index contributed by atoms with van der Waals surface area (Å²) in [5, 5.41) is 4.11. The summed E-state index contributed by atoms with van der Waals surface area (Å²) in [6, 6.07) is 19.8. The molecule has 0 saturated carbocycles. The van der Waals surface area contributed by atoms with Gasteiger partial charge in [0.15, 0.2) is 0 Å². The van der Waals surface area contributed by atoms with Gasteiger partial charge in [0.1, 0.15) is 4.83 Å². The van der Waals surface area contributed by atoms with Crippen molar-refractivity contribution in [1.29, 1.82) is 0 Å². The normalized spacial score (nSPS) is 12.2. The van der Waals surface area contributed by atoms with E-state index in [1.54, 1.807) is 16.2 Å². The van der Waals surface area contributed by atoms with Gasteiger partial charge in [0, 0.05) is 12.2 Å². The van der Waals surface area contributed by atoms with Crippen molar-refractivity contribution in [3.05, 3.63) is 88.3 Å². The van der Waals surface area contributed by atoms with Crippen LogP contribution in [-0.2, 0) is 6.54 Å². The molecule has 3 N–H and O–H groups in total. The van der Waals surface area contributed by atoms with E-state index in [1.165, 1.54) is 11.5 Å². The molecule has 0 aliphatic heterocycles. The van der Waals surface area contributed by atoms with Gasteiger partial charge in [-0.2, -0.15) is 0 Å². The fraction of sp³-hybridized carbons (Fsp3) is 0.143. The third kappa shape index (κ3) is 3.57. The lowest BCUT2D eigenvalue weighted by atomic mass is 10.1. The van der Waals surface area contributed by atoms with Crippen LogP contribution in [0.1, 0.15) is 24.1 Å². The number of pyridine rings is 1. The minimum absolute atomic E-state index is 0.0155. The number of anilines is 2. The van der Waals surface area contributed by atoms with Crippen LogP contribution in [0.4, 0.5) is 11.4 Å². The average molecular weight is 376 g/mol. The Morgan fingerprint density at radius 3 is 2.63 bits per heavy atom. The molecule has 2 aromatic carbocycles. The third-order valence-electron chi connectivity index (χ3n) is 4.56. The molecule has 5 nitrogen and oxygen atoms in total. The number of para-hydroxylation sites is 2. The number of nitrogens with two attached hydrogens (primary N) is 1. The van der Waals surface area contributed by atoms with E-state index in [-0.39, 0.29) is 11.6 Å². The largest absolute Gasteiger partial charge is 0.397 e. The van der Waals surface area contributed by atoms with E-state index < -0.39 is 0 Å². The van der Waals surface area contributed by atoms with E-state index in [9.17, 15) is 4.79 Å². The van der Waals surface area contributed by atoms with E-state index >= 15 is 0 Å². The predicted molar refractivity (Wildman–Crippen MR) is 112 cm³/mol. The van der Waals surface area contributed by atoms with Gasteiger partial charge >= 0.3 is 0 Å². The van der Waals surface area contributed by atoms with Crippen LogP contribution < -0.4 is 16.6 Å². The quantitative estimate of drug-likeness (QED) is 0.511. The van der Waals surface area contributed by atoms with E-state index in [0.717, 1.165) is 27.3 Å². The number of aromatic nitrogens is 2. The molecule has 27 heavy (non-hydrogen) atoms. The molecule has 4 aromatic rings. The van der Waals surface area contributed by atoms with Gasteiger partial charge in [0.2, 0.25) is 0 Å². The number of benzene rings is 2. The second-order valence-electron chi connectivity index (χ2n) is 6.48. The molecule has 6 heteroatoms. The number of fused-ring (bicyclic) bond motifs is 1. The molecule has 0 radical (unpaired) electrons.